The van der Waals surface area contributed by atoms with E-state index in [0.29, 0.717) is 0 Å². The van der Waals surface area contributed by atoms with Gasteiger partial charge in [0.25, 0.3) is 0 Å². The van der Waals surface area contributed by atoms with Crippen molar-refractivity contribution in [1.29, 1.82) is 0 Å². The fraction of sp³-hybridized carbons (Fsp3) is 1.00. The van der Waals surface area contributed by atoms with Crippen LogP contribution in [0.3, 0.4) is 0 Å². The van der Waals surface area contributed by atoms with E-state index in [9.17, 15) is 0 Å². The SMILES string of the molecule is CCCC[C@H](CC)NC1CCN(C)CC1. The van der Waals surface area contributed by atoms with Crippen molar-refractivity contribution >= 4 is 0 Å². The average molecular weight is 212 g/mol. The summed E-state index contributed by atoms with van der Waals surface area (Å²) in [6.45, 7) is 7.12. The minimum absolute atomic E-state index is 0.762. The van der Waals surface area contributed by atoms with Gasteiger partial charge in [-0.3, -0.25) is 0 Å². The van der Waals surface area contributed by atoms with E-state index in [-0.39, 0.29) is 0 Å². The van der Waals surface area contributed by atoms with Crippen LogP contribution in [-0.2, 0) is 0 Å². The molecule has 1 rings (SSSR count). The van der Waals surface area contributed by atoms with Gasteiger partial charge in [0, 0.05) is 12.1 Å². The zero-order valence-electron chi connectivity index (χ0n) is 10.8. The Balaban J connectivity index is 2.19. The molecule has 1 fully saturated rings. The van der Waals surface area contributed by atoms with Gasteiger partial charge < -0.3 is 10.2 Å². The van der Waals surface area contributed by atoms with Gasteiger partial charge in [-0.05, 0) is 45.8 Å². The summed E-state index contributed by atoms with van der Waals surface area (Å²) in [7, 11) is 2.23. The van der Waals surface area contributed by atoms with Crippen LogP contribution in [0.5, 0.6) is 0 Å². The molecule has 0 radical (unpaired) electrons. The molecule has 1 heterocycles. The number of likely N-dealkylation sites (tertiary alicyclic amines) is 1. The number of nitrogens with zero attached hydrogens (tertiary/aromatic N) is 1. The van der Waals surface area contributed by atoms with Crippen molar-refractivity contribution in [2.24, 2.45) is 0 Å². The van der Waals surface area contributed by atoms with Gasteiger partial charge in [-0.15, -0.1) is 0 Å². The molecule has 0 spiro atoms. The van der Waals surface area contributed by atoms with Gasteiger partial charge in [-0.1, -0.05) is 26.7 Å². The second-order valence-corrected chi connectivity index (χ2v) is 4.99. The van der Waals surface area contributed by atoms with Crippen molar-refractivity contribution in [1.82, 2.24) is 10.2 Å². The van der Waals surface area contributed by atoms with Crippen molar-refractivity contribution in [3.63, 3.8) is 0 Å². The van der Waals surface area contributed by atoms with E-state index in [0.717, 1.165) is 12.1 Å². The highest BCUT2D eigenvalue weighted by Crippen LogP contribution is 2.12. The molecule has 90 valence electrons. The van der Waals surface area contributed by atoms with Crippen molar-refractivity contribution in [3.8, 4) is 0 Å². The molecule has 1 atom stereocenters. The summed E-state index contributed by atoms with van der Waals surface area (Å²) in [4.78, 5) is 2.44. The van der Waals surface area contributed by atoms with Crippen LogP contribution in [0.1, 0.15) is 52.4 Å². The standard InChI is InChI=1S/C13H28N2/c1-4-6-7-12(5-2)14-13-8-10-15(3)11-9-13/h12-14H,4-11H2,1-3H3/t12-/m0/s1. The van der Waals surface area contributed by atoms with Crippen LogP contribution < -0.4 is 5.32 Å². The lowest BCUT2D eigenvalue weighted by molar-refractivity contribution is 0.220. The quantitative estimate of drug-likeness (QED) is 0.728. The summed E-state index contributed by atoms with van der Waals surface area (Å²) in [6.07, 6.45) is 8.01. The molecule has 0 unspecified atom stereocenters. The van der Waals surface area contributed by atoms with Gasteiger partial charge in [0.1, 0.15) is 0 Å². The van der Waals surface area contributed by atoms with E-state index in [1.165, 1.54) is 51.6 Å². The highest BCUT2D eigenvalue weighted by molar-refractivity contribution is 4.79. The molecule has 0 bridgehead atoms. The number of unbranched alkanes of at least 4 members (excludes halogenated alkanes) is 1. The minimum Gasteiger partial charge on any atom is -0.311 e. The molecule has 0 aromatic carbocycles. The van der Waals surface area contributed by atoms with E-state index in [1.54, 1.807) is 0 Å². The first-order chi connectivity index (χ1) is 7.26. The monoisotopic (exact) mass is 212 g/mol. The Morgan fingerprint density at radius 1 is 1.27 bits per heavy atom. The highest BCUT2D eigenvalue weighted by Gasteiger charge is 2.18. The summed E-state index contributed by atoms with van der Waals surface area (Å²) in [5.41, 5.74) is 0. The first-order valence-electron chi connectivity index (χ1n) is 6.70. The molecule has 1 aliphatic heterocycles. The predicted octanol–water partition coefficient (Wildman–Crippen LogP) is 2.64. The van der Waals surface area contributed by atoms with E-state index < -0.39 is 0 Å². The minimum atomic E-state index is 0.762. The van der Waals surface area contributed by atoms with Crippen LogP contribution in [0.25, 0.3) is 0 Å². The summed E-state index contributed by atoms with van der Waals surface area (Å²) < 4.78 is 0. The Kier molecular flexibility index (Phi) is 6.26. The molecule has 15 heavy (non-hydrogen) atoms. The van der Waals surface area contributed by atoms with Crippen LogP contribution in [0.15, 0.2) is 0 Å². The lowest BCUT2D eigenvalue weighted by Crippen LogP contribution is -2.45. The van der Waals surface area contributed by atoms with Crippen molar-refractivity contribution in [3.05, 3.63) is 0 Å². The maximum Gasteiger partial charge on any atom is 0.00939 e. The molecule has 0 aliphatic carbocycles. The Morgan fingerprint density at radius 3 is 2.47 bits per heavy atom. The van der Waals surface area contributed by atoms with E-state index in [4.69, 9.17) is 0 Å². The Morgan fingerprint density at radius 2 is 1.93 bits per heavy atom. The Hall–Kier alpha value is -0.0800. The predicted molar refractivity (Wildman–Crippen MR) is 67.3 cm³/mol. The van der Waals surface area contributed by atoms with Crippen molar-refractivity contribution in [2.75, 3.05) is 20.1 Å². The van der Waals surface area contributed by atoms with Gasteiger partial charge in [0.15, 0.2) is 0 Å². The first kappa shape index (κ1) is 13.0. The zero-order valence-corrected chi connectivity index (χ0v) is 10.8. The largest absolute Gasteiger partial charge is 0.311 e. The number of hydrogen-bond donors (Lipinski definition) is 1. The maximum atomic E-state index is 3.83. The lowest BCUT2D eigenvalue weighted by Gasteiger charge is -2.32. The molecule has 0 aromatic heterocycles. The third-order valence-corrected chi connectivity index (χ3v) is 3.59. The Labute approximate surface area is 95.4 Å². The third kappa shape index (κ3) is 4.98. The fourth-order valence-corrected chi connectivity index (χ4v) is 2.36. The number of hydrogen-bond acceptors (Lipinski definition) is 2. The molecule has 2 nitrogen and oxygen atoms in total. The van der Waals surface area contributed by atoms with Crippen molar-refractivity contribution in [2.45, 2.75) is 64.5 Å². The summed E-state index contributed by atoms with van der Waals surface area (Å²) in [6, 6.07) is 1.54. The third-order valence-electron chi connectivity index (χ3n) is 3.59. The van der Waals surface area contributed by atoms with Crippen LogP contribution >= 0.6 is 0 Å². The molecule has 2 heteroatoms. The molecule has 0 amide bonds. The van der Waals surface area contributed by atoms with E-state index >= 15 is 0 Å². The smallest absolute Gasteiger partial charge is 0.00939 e. The van der Waals surface area contributed by atoms with Gasteiger partial charge in [-0.25, -0.2) is 0 Å². The van der Waals surface area contributed by atoms with Crippen LogP contribution in [0.4, 0.5) is 0 Å². The van der Waals surface area contributed by atoms with Crippen molar-refractivity contribution < 1.29 is 0 Å². The molecular weight excluding hydrogens is 184 g/mol. The fourth-order valence-electron chi connectivity index (χ4n) is 2.36. The highest BCUT2D eigenvalue weighted by atomic mass is 15.1. The lowest BCUT2D eigenvalue weighted by atomic mass is 10.0. The molecule has 0 saturated carbocycles. The molecule has 0 aromatic rings. The van der Waals surface area contributed by atoms with Crippen LogP contribution in [-0.4, -0.2) is 37.1 Å². The van der Waals surface area contributed by atoms with E-state index in [1.807, 2.05) is 0 Å². The molecule has 1 N–H and O–H groups in total. The molecule has 1 saturated heterocycles. The van der Waals surface area contributed by atoms with Gasteiger partial charge in [0.05, 0.1) is 0 Å². The maximum absolute atomic E-state index is 3.83. The summed E-state index contributed by atoms with van der Waals surface area (Å²) >= 11 is 0. The molecular formula is C13H28N2. The number of rotatable bonds is 6. The normalized spacial score (nSPS) is 21.8. The zero-order chi connectivity index (χ0) is 11.1. The number of piperidine rings is 1. The average Bonchev–Trinajstić information content (AvgIpc) is 2.27. The number of nitrogens with one attached hydrogen (secondary N) is 1. The summed E-state index contributed by atoms with van der Waals surface area (Å²) in [5, 5.41) is 3.83. The second-order valence-electron chi connectivity index (χ2n) is 4.99. The van der Waals surface area contributed by atoms with E-state index in [2.05, 4.69) is 31.1 Å². The van der Waals surface area contributed by atoms with Gasteiger partial charge >= 0.3 is 0 Å². The Bertz CT molecular complexity index is 148. The first-order valence-corrected chi connectivity index (χ1v) is 6.70. The summed E-state index contributed by atoms with van der Waals surface area (Å²) in [5.74, 6) is 0. The second kappa shape index (κ2) is 7.24. The van der Waals surface area contributed by atoms with Crippen LogP contribution in [0.2, 0.25) is 0 Å². The van der Waals surface area contributed by atoms with Gasteiger partial charge in [0.2, 0.25) is 0 Å². The van der Waals surface area contributed by atoms with Gasteiger partial charge in [-0.2, -0.15) is 0 Å². The van der Waals surface area contributed by atoms with Crippen LogP contribution in [0, 0.1) is 0 Å². The topological polar surface area (TPSA) is 15.3 Å². The molecule has 1 aliphatic rings.